The van der Waals surface area contributed by atoms with Crippen LogP contribution in [0, 0.1) is 0 Å². The van der Waals surface area contributed by atoms with Crippen LogP contribution in [0.5, 0.6) is 11.5 Å². The number of nitrogens with zero attached hydrogens (tertiary/aromatic N) is 1. The fraction of sp³-hybridized carbons (Fsp3) is 0.227. The van der Waals surface area contributed by atoms with Crippen molar-refractivity contribution in [3.8, 4) is 11.5 Å². The molecule has 0 saturated carbocycles. The van der Waals surface area contributed by atoms with Gasteiger partial charge < -0.3 is 19.9 Å². The van der Waals surface area contributed by atoms with Gasteiger partial charge in [-0.05, 0) is 29.3 Å². The maximum absolute atomic E-state index is 10.2. The molecule has 1 heterocycles. The van der Waals surface area contributed by atoms with Crippen molar-refractivity contribution in [2.45, 2.75) is 19.3 Å². The Morgan fingerprint density at radius 2 is 1.93 bits per heavy atom. The minimum Gasteiger partial charge on any atom is -0.493 e. The number of rotatable bonds is 9. The number of ether oxygens (including phenoxy) is 2. The van der Waals surface area contributed by atoms with Gasteiger partial charge in [0.2, 0.25) is 0 Å². The number of hydrogen-bond donors (Lipinski definition) is 2. The number of aliphatic hydroxyl groups excluding tert-OH is 1. The predicted molar refractivity (Wildman–Crippen MR) is 110 cm³/mol. The smallest absolute Gasteiger partial charge is 0.180 e. The fourth-order valence-electron chi connectivity index (χ4n) is 2.80. The molecule has 0 unspecified atom stereocenters. The third-order valence-electron chi connectivity index (χ3n) is 4.25. The van der Waals surface area contributed by atoms with Crippen LogP contribution in [0.1, 0.15) is 22.8 Å². The molecule has 3 rings (SSSR count). The lowest BCUT2D eigenvalue weighted by Crippen LogP contribution is -2.21. The Morgan fingerprint density at radius 3 is 2.64 bits per heavy atom. The Bertz CT molecular complexity index is 876. The lowest BCUT2D eigenvalue weighted by Gasteiger charge is -2.16. The standard InChI is InChI=1S/C22H23ClN2O3/c1-27-21-11-17(13-25-14-20(26)18-7-3-2-4-8-18)10-19(23)22(21)28-15-16-6-5-9-24-12-16/h2-12,20,25-26H,13-15H2,1H3/t20-/m0/s1. The van der Waals surface area contributed by atoms with Crippen molar-refractivity contribution in [1.82, 2.24) is 10.3 Å². The molecule has 1 aromatic heterocycles. The highest BCUT2D eigenvalue weighted by molar-refractivity contribution is 6.32. The number of pyridine rings is 1. The first kappa shape index (κ1) is 20.1. The topological polar surface area (TPSA) is 63.6 Å². The van der Waals surface area contributed by atoms with E-state index in [0.29, 0.717) is 36.2 Å². The van der Waals surface area contributed by atoms with Gasteiger partial charge in [0, 0.05) is 31.0 Å². The first-order valence-corrected chi connectivity index (χ1v) is 9.37. The molecule has 5 nitrogen and oxygen atoms in total. The third-order valence-corrected chi connectivity index (χ3v) is 4.53. The molecule has 1 atom stereocenters. The summed E-state index contributed by atoms with van der Waals surface area (Å²) in [6.07, 6.45) is 2.89. The monoisotopic (exact) mass is 398 g/mol. The van der Waals surface area contributed by atoms with Gasteiger partial charge in [-0.25, -0.2) is 0 Å². The first-order valence-electron chi connectivity index (χ1n) is 8.99. The second kappa shape index (κ2) is 10.1. The van der Waals surface area contributed by atoms with Crippen LogP contribution in [0.2, 0.25) is 5.02 Å². The van der Waals surface area contributed by atoms with Gasteiger partial charge in [-0.3, -0.25) is 4.98 Å². The Kier molecular flexibility index (Phi) is 7.25. The van der Waals surface area contributed by atoms with Gasteiger partial charge in [-0.15, -0.1) is 0 Å². The van der Waals surface area contributed by atoms with E-state index < -0.39 is 6.10 Å². The zero-order valence-corrected chi connectivity index (χ0v) is 16.4. The van der Waals surface area contributed by atoms with Crippen molar-refractivity contribution in [3.63, 3.8) is 0 Å². The van der Waals surface area contributed by atoms with Crippen molar-refractivity contribution in [2.75, 3.05) is 13.7 Å². The van der Waals surface area contributed by atoms with E-state index in [9.17, 15) is 5.11 Å². The van der Waals surface area contributed by atoms with Crippen LogP contribution in [0.15, 0.2) is 67.0 Å². The zero-order valence-electron chi connectivity index (χ0n) is 15.6. The average molecular weight is 399 g/mol. The lowest BCUT2D eigenvalue weighted by atomic mass is 10.1. The second-order valence-corrected chi connectivity index (χ2v) is 6.72. The number of aliphatic hydroxyl groups is 1. The van der Waals surface area contributed by atoms with Gasteiger partial charge in [0.05, 0.1) is 18.2 Å². The number of methoxy groups -OCH3 is 1. The Labute approximate surface area is 169 Å². The number of benzene rings is 2. The van der Waals surface area contributed by atoms with Gasteiger partial charge in [-0.1, -0.05) is 48.0 Å². The third kappa shape index (κ3) is 5.45. The number of nitrogens with one attached hydrogen (secondary N) is 1. The molecule has 3 aromatic rings. The molecule has 0 fully saturated rings. The maximum atomic E-state index is 10.2. The van der Waals surface area contributed by atoms with Crippen molar-refractivity contribution in [3.05, 3.63) is 88.7 Å². The van der Waals surface area contributed by atoms with Gasteiger partial charge in [0.25, 0.3) is 0 Å². The highest BCUT2D eigenvalue weighted by Gasteiger charge is 2.13. The van der Waals surface area contributed by atoms with Crippen LogP contribution in [0.3, 0.4) is 0 Å². The van der Waals surface area contributed by atoms with Crippen LogP contribution in [0.25, 0.3) is 0 Å². The van der Waals surface area contributed by atoms with E-state index in [2.05, 4.69) is 10.3 Å². The van der Waals surface area contributed by atoms with Gasteiger partial charge in [-0.2, -0.15) is 0 Å². The predicted octanol–water partition coefficient (Wildman–Crippen LogP) is 4.15. The minimum atomic E-state index is -0.569. The zero-order chi connectivity index (χ0) is 19.8. The van der Waals surface area contributed by atoms with Crippen LogP contribution in [-0.2, 0) is 13.2 Å². The van der Waals surface area contributed by atoms with Crippen molar-refractivity contribution >= 4 is 11.6 Å². The number of hydrogen-bond acceptors (Lipinski definition) is 5. The molecule has 28 heavy (non-hydrogen) atoms. The highest BCUT2D eigenvalue weighted by atomic mass is 35.5. The van der Waals surface area contributed by atoms with Crippen LogP contribution < -0.4 is 14.8 Å². The molecule has 2 aromatic carbocycles. The summed E-state index contributed by atoms with van der Waals surface area (Å²) in [6, 6.07) is 17.1. The normalized spacial score (nSPS) is 11.8. The summed E-state index contributed by atoms with van der Waals surface area (Å²) in [5.41, 5.74) is 2.77. The molecule has 0 amide bonds. The molecule has 0 bridgehead atoms. The van der Waals surface area contributed by atoms with E-state index >= 15 is 0 Å². The summed E-state index contributed by atoms with van der Waals surface area (Å²) in [5, 5.41) is 14.0. The molecule has 0 aliphatic carbocycles. The van der Waals surface area contributed by atoms with E-state index in [1.165, 1.54) is 0 Å². The quantitative estimate of drug-likeness (QED) is 0.567. The SMILES string of the molecule is COc1cc(CNC[C@H](O)c2ccccc2)cc(Cl)c1OCc1cccnc1. The minimum absolute atomic E-state index is 0.352. The Morgan fingerprint density at radius 1 is 1.11 bits per heavy atom. The lowest BCUT2D eigenvalue weighted by molar-refractivity contribution is 0.174. The Hall–Kier alpha value is -2.60. The number of aromatic nitrogens is 1. The molecule has 0 radical (unpaired) electrons. The second-order valence-electron chi connectivity index (χ2n) is 6.32. The summed E-state index contributed by atoms with van der Waals surface area (Å²) < 4.78 is 11.3. The van der Waals surface area contributed by atoms with E-state index in [4.69, 9.17) is 21.1 Å². The van der Waals surface area contributed by atoms with Crippen molar-refractivity contribution < 1.29 is 14.6 Å². The van der Waals surface area contributed by atoms with E-state index in [-0.39, 0.29) is 0 Å². The molecule has 0 aliphatic heterocycles. The largest absolute Gasteiger partial charge is 0.493 e. The van der Waals surface area contributed by atoms with Crippen LogP contribution in [-0.4, -0.2) is 23.7 Å². The van der Waals surface area contributed by atoms with Gasteiger partial charge in [0.15, 0.2) is 11.5 Å². The highest BCUT2D eigenvalue weighted by Crippen LogP contribution is 2.37. The molecule has 2 N–H and O–H groups in total. The first-order chi connectivity index (χ1) is 13.7. The molecular weight excluding hydrogens is 376 g/mol. The fourth-order valence-corrected chi connectivity index (χ4v) is 3.09. The van der Waals surface area contributed by atoms with E-state index in [1.807, 2.05) is 54.6 Å². The molecule has 0 saturated heterocycles. The molecule has 0 aliphatic rings. The van der Waals surface area contributed by atoms with Crippen LogP contribution in [0.4, 0.5) is 0 Å². The number of halogens is 1. The van der Waals surface area contributed by atoms with Crippen LogP contribution >= 0.6 is 11.6 Å². The Balaban J connectivity index is 1.60. The van der Waals surface area contributed by atoms with Crippen molar-refractivity contribution in [2.24, 2.45) is 0 Å². The summed E-state index contributed by atoms with van der Waals surface area (Å²) in [7, 11) is 1.58. The summed E-state index contributed by atoms with van der Waals surface area (Å²) in [5.74, 6) is 1.07. The van der Waals surface area contributed by atoms with Gasteiger partial charge in [0.1, 0.15) is 6.61 Å². The molecule has 146 valence electrons. The summed E-state index contributed by atoms with van der Waals surface area (Å²) in [4.78, 5) is 4.07. The molecule has 6 heteroatoms. The summed E-state index contributed by atoms with van der Waals surface area (Å²) >= 11 is 6.42. The van der Waals surface area contributed by atoms with Gasteiger partial charge >= 0.3 is 0 Å². The molecular formula is C22H23ClN2O3. The average Bonchev–Trinajstić information content (AvgIpc) is 2.74. The van der Waals surface area contributed by atoms with E-state index in [0.717, 1.165) is 16.7 Å². The molecule has 0 spiro atoms. The van der Waals surface area contributed by atoms with Crippen molar-refractivity contribution in [1.29, 1.82) is 0 Å². The summed E-state index contributed by atoms with van der Waals surface area (Å²) in [6.45, 7) is 1.33. The maximum Gasteiger partial charge on any atom is 0.180 e. The van der Waals surface area contributed by atoms with E-state index in [1.54, 1.807) is 19.5 Å².